The summed E-state index contributed by atoms with van der Waals surface area (Å²) in [6.07, 6.45) is 8.53. The van der Waals surface area contributed by atoms with Crippen molar-refractivity contribution < 1.29 is 0 Å². The zero-order valence-corrected chi connectivity index (χ0v) is 15.9. The number of aromatic nitrogens is 4. The van der Waals surface area contributed by atoms with Crippen molar-refractivity contribution in [1.82, 2.24) is 19.9 Å². The minimum atomic E-state index is 0.678. The molecule has 0 saturated carbocycles. The summed E-state index contributed by atoms with van der Waals surface area (Å²) in [5.74, 6) is 1.54. The van der Waals surface area contributed by atoms with Crippen molar-refractivity contribution in [1.29, 1.82) is 0 Å². The monoisotopic (exact) mass is 365 g/mol. The molecule has 0 aromatic carbocycles. The zero-order chi connectivity index (χ0) is 17.8. The number of hydrogen-bond donors (Lipinski definition) is 1. The van der Waals surface area contributed by atoms with Crippen LogP contribution in [0.15, 0.2) is 30.5 Å². The number of fused-ring (bicyclic) bond motifs is 1. The fraction of sp³-hybridized carbons (Fsp3) is 0.400. The number of hydrogen-bond acceptors (Lipinski definition) is 6. The van der Waals surface area contributed by atoms with E-state index in [0.717, 1.165) is 43.0 Å². The van der Waals surface area contributed by atoms with Gasteiger partial charge >= 0.3 is 0 Å². The first-order valence-corrected chi connectivity index (χ1v) is 10.1. The van der Waals surface area contributed by atoms with Crippen LogP contribution in [0.1, 0.15) is 41.0 Å². The molecule has 3 aromatic heterocycles. The Morgan fingerprint density at radius 2 is 2.04 bits per heavy atom. The van der Waals surface area contributed by atoms with Crippen molar-refractivity contribution in [2.75, 3.05) is 11.9 Å². The highest BCUT2D eigenvalue weighted by atomic mass is 32.1. The van der Waals surface area contributed by atoms with E-state index in [1.54, 1.807) is 6.20 Å². The molecule has 134 valence electrons. The van der Waals surface area contributed by atoms with Gasteiger partial charge < -0.3 is 5.32 Å². The van der Waals surface area contributed by atoms with Crippen molar-refractivity contribution >= 4 is 17.2 Å². The van der Waals surface area contributed by atoms with Gasteiger partial charge in [-0.25, -0.2) is 15.0 Å². The average molecular weight is 366 g/mol. The highest BCUT2D eigenvalue weighted by Crippen LogP contribution is 2.27. The average Bonchev–Trinajstić information content (AvgIpc) is 3.11. The van der Waals surface area contributed by atoms with Crippen molar-refractivity contribution in [3.05, 3.63) is 51.7 Å². The topological polar surface area (TPSA) is 63.6 Å². The van der Waals surface area contributed by atoms with Gasteiger partial charge in [-0.15, -0.1) is 11.3 Å². The van der Waals surface area contributed by atoms with Gasteiger partial charge in [0.05, 0.1) is 10.7 Å². The van der Waals surface area contributed by atoms with Crippen LogP contribution in [-0.2, 0) is 25.7 Å². The Kier molecular flexibility index (Phi) is 5.20. The number of thiazole rings is 1. The number of anilines is 1. The van der Waals surface area contributed by atoms with E-state index >= 15 is 0 Å². The van der Waals surface area contributed by atoms with Crippen LogP contribution in [0.2, 0.25) is 0 Å². The SMILES string of the molecule is CCc1cc(NCCc2nc3c(s2)CCCC3)nc(-c2ccccn2)n1. The van der Waals surface area contributed by atoms with Crippen molar-refractivity contribution in [2.45, 2.75) is 45.4 Å². The molecule has 0 saturated heterocycles. The molecule has 0 bridgehead atoms. The summed E-state index contributed by atoms with van der Waals surface area (Å²) in [5, 5.41) is 4.68. The molecule has 0 spiro atoms. The highest BCUT2D eigenvalue weighted by molar-refractivity contribution is 7.11. The van der Waals surface area contributed by atoms with Gasteiger partial charge in [0.2, 0.25) is 0 Å². The molecule has 0 aliphatic heterocycles. The van der Waals surface area contributed by atoms with Crippen LogP contribution in [0.25, 0.3) is 11.5 Å². The fourth-order valence-corrected chi connectivity index (χ4v) is 4.34. The van der Waals surface area contributed by atoms with Gasteiger partial charge in [0, 0.05) is 35.8 Å². The summed E-state index contributed by atoms with van der Waals surface area (Å²) >= 11 is 1.88. The molecular weight excluding hydrogens is 342 g/mol. The Morgan fingerprint density at radius 1 is 1.12 bits per heavy atom. The molecule has 6 heteroatoms. The second-order valence-corrected chi connectivity index (χ2v) is 7.67. The van der Waals surface area contributed by atoms with E-state index in [1.807, 2.05) is 35.6 Å². The summed E-state index contributed by atoms with van der Waals surface area (Å²) in [6, 6.07) is 7.83. The number of aryl methyl sites for hydroxylation is 3. The lowest BCUT2D eigenvalue weighted by molar-refractivity contribution is 0.680. The molecule has 0 amide bonds. The molecule has 1 aliphatic carbocycles. The van der Waals surface area contributed by atoms with Crippen LogP contribution in [0.4, 0.5) is 5.82 Å². The molecule has 26 heavy (non-hydrogen) atoms. The maximum atomic E-state index is 4.82. The van der Waals surface area contributed by atoms with E-state index < -0.39 is 0 Å². The Labute approximate surface area is 158 Å². The van der Waals surface area contributed by atoms with Gasteiger partial charge in [-0.3, -0.25) is 4.98 Å². The van der Waals surface area contributed by atoms with Crippen LogP contribution in [0, 0.1) is 0 Å². The molecule has 1 N–H and O–H groups in total. The third kappa shape index (κ3) is 3.90. The van der Waals surface area contributed by atoms with Crippen LogP contribution in [-0.4, -0.2) is 26.5 Å². The first-order chi connectivity index (χ1) is 12.8. The smallest absolute Gasteiger partial charge is 0.180 e. The second-order valence-electron chi connectivity index (χ2n) is 6.50. The highest BCUT2D eigenvalue weighted by Gasteiger charge is 2.15. The summed E-state index contributed by atoms with van der Waals surface area (Å²) in [4.78, 5) is 19.9. The molecule has 0 radical (unpaired) electrons. The van der Waals surface area contributed by atoms with Gasteiger partial charge in [0.25, 0.3) is 0 Å². The summed E-state index contributed by atoms with van der Waals surface area (Å²) in [5.41, 5.74) is 3.16. The molecular formula is C20H23N5S. The third-order valence-electron chi connectivity index (χ3n) is 4.57. The normalized spacial score (nSPS) is 13.4. The quantitative estimate of drug-likeness (QED) is 0.713. The summed E-state index contributed by atoms with van der Waals surface area (Å²) < 4.78 is 0. The third-order valence-corrected chi connectivity index (χ3v) is 5.79. The van der Waals surface area contributed by atoms with Crippen LogP contribution in [0.5, 0.6) is 0 Å². The number of rotatable bonds is 6. The van der Waals surface area contributed by atoms with E-state index in [2.05, 4.69) is 27.2 Å². The molecule has 0 atom stereocenters. The Hall–Kier alpha value is -2.34. The Bertz CT molecular complexity index is 852. The van der Waals surface area contributed by atoms with Gasteiger partial charge in [-0.2, -0.15) is 0 Å². The van der Waals surface area contributed by atoms with Gasteiger partial charge in [0.1, 0.15) is 11.5 Å². The molecule has 5 nitrogen and oxygen atoms in total. The van der Waals surface area contributed by atoms with Gasteiger partial charge in [-0.1, -0.05) is 13.0 Å². The zero-order valence-electron chi connectivity index (χ0n) is 15.0. The maximum Gasteiger partial charge on any atom is 0.180 e. The Balaban J connectivity index is 1.45. The van der Waals surface area contributed by atoms with Crippen molar-refractivity contribution in [3.8, 4) is 11.5 Å². The summed E-state index contributed by atoms with van der Waals surface area (Å²) in [7, 11) is 0. The van der Waals surface area contributed by atoms with Crippen molar-refractivity contribution in [2.24, 2.45) is 0 Å². The molecule has 3 aromatic rings. The molecule has 3 heterocycles. The van der Waals surface area contributed by atoms with Gasteiger partial charge in [-0.05, 0) is 44.2 Å². The summed E-state index contributed by atoms with van der Waals surface area (Å²) in [6.45, 7) is 2.93. The fourth-order valence-electron chi connectivity index (χ4n) is 3.19. The van der Waals surface area contributed by atoms with E-state index in [1.165, 1.54) is 34.8 Å². The minimum absolute atomic E-state index is 0.678. The predicted octanol–water partition coefficient (Wildman–Crippen LogP) is 4.09. The minimum Gasteiger partial charge on any atom is -0.370 e. The van der Waals surface area contributed by atoms with Crippen LogP contribution < -0.4 is 5.32 Å². The predicted molar refractivity (Wildman–Crippen MR) is 106 cm³/mol. The molecule has 4 rings (SSSR count). The van der Waals surface area contributed by atoms with Crippen molar-refractivity contribution in [3.63, 3.8) is 0 Å². The Morgan fingerprint density at radius 3 is 2.85 bits per heavy atom. The first-order valence-electron chi connectivity index (χ1n) is 9.32. The molecule has 0 unspecified atom stereocenters. The lowest BCUT2D eigenvalue weighted by Gasteiger charge is -2.08. The molecule has 0 fully saturated rings. The van der Waals surface area contributed by atoms with E-state index in [4.69, 9.17) is 4.98 Å². The van der Waals surface area contributed by atoms with E-state index in [9.17, 15) is 0 Å². The second kappa shape index (κ2) is 7.91. The van der Waals surface area contributed by atoms with E-state index in [0.29, 0.717) is 5.82 Å². The largest absolute Gasteiger partial charge is 0.370 e. The first kappa shape index (κ1) is 17.1. The standard InChI is InChI=1S/C20H23N5S/c1-2-14-13-18(25-20(23-14)16-8-5-6-11-21-16)22-12-10-19-24-15-7-3-4-9-17(15)26-19/h5-6,8,11,13H,2-4,7,9-10,12H2,1H3,(H,22,23,25). The lowest BCUT2D eigenvalue weighted by atomic mass is 10.0. The van der Waals surface area contributed by atoms with E-state index in [-0.39, 0.29) is 0 Å². The number of nitrogens with one attached hydrogen (secondary N) is 1. The number of pyridine rings is 1. The van der Waals surface area contributed by atoms with Gasteiger partial charge in [0.15, 0.2) is 5.82 Å². The number of nitrogens with zero attached hydrogens (tertiary/aromatic N) is 4. The van der Waals surface area contributed by atoms with Crippen LogP contribution in [0.3, 0.4) is 0 Å². The maximum absolute atomic E-state index is 4.82. The molecule has 1 aliphatic rings. The van der Waals surface area contributed by atoms with Crippen LogP contribution >= 0.6 is 11.3 Å². The lowest BCUT2D eigenvalue weighted by Crippen LogP contribution is -2.08.